The van der Waals surface area contributed by atoms with Gasteiger partial charge in [-0.3, -0.25) is 8.80 Å². The van der Waals surface area contributed by atoms with Crippen molar-refractivity contribution >= 4 is 60.9 Å². The van der Waals surface area contributed by atoms with Crippen LogP contribution in [-0.4, -0.2) is 8.80 Å². The van der Waals surface area contributed by atoms with Crippen LogP contribution < -0.4 is 4.90 Å². The summed E-state index contributed by atoms with van der Waals surface area (Å²) in [6, 6.07) is 73.7. The molecular formula is C51H33N3. The van der Waals surface area contributed by atoms with Gasteiger partial charge >= 0.3 is 0 Å². The Kier molecular flexibility index (Phi) is 5.98. The average molecular weight is 688 g/mol. The molecule has 0 fully saturated rings. The highest BCUT2D eigenvalue weighted by atomic mass is 15.2. The van der Waals surface area contributed by atoms with Gasteiger partial charge in [-0.2, -0.15) is 0 Å². The highest BCUT2D eigenvalue weighted by Crippen LogP contribution is 2.57. The standard InChI is InChI=1S/C51H33N3/c1-4-16-34(17-5-1)51(35-18-6-2-7-19-35)43-25-13-10-22-39(43)40-30-28-37(32-44(40)51)52(36-20-8-3-9-21-36)38-29-31-47-48(33-38)54-46-27-15-12-24-42(46)49-41-23-11-14-26-45(41)53(47)50(49)54/h1-33H. The Hall–Kier alpha value is -7.10. The van der Waals surface area contributed by atoms with Crippen LogP contribution in [0.25, 0.3) is 55.0 Å². The van der Waals surface area contributed by atoms with Crippen molar-refractivity contribution in [3.05, 3.63) is 222 Å². The summed E-state index contributed by atoms with van der Waals surface area (Å²) in [5, 5.41) is 3.90. The van der Waals surface area contributed by atoms with Crippen LogP contribution in [0.5, 0.6) is 0 Å². The maximum absolute atomic E-state index is 2.47. The molecule has 1 aliphatic rings. The number of rotatable bonds is 5. The summed E-state index contributed by atoms with van der Waals surface area (Å²) in [6.45, 7) is 0. The molecule has 1 aliphatic carbocycles. The molecule has 8 aromatic carbocycles. The summed E-state index contributed by atoms with van der Waals surface area (Å²) < 4.78 is 4.93. The van der Waals surface area contributed by atoms with Crippen molar-refractivity contribution in [1.29, 1.82) is 0 Å². The van der Waals surface area contributed by atoms with Crippen LogP contribution in [0.3, 0.4) is 0 Å². The Morgan fingerprint density at radius 1 is 0.352 bits per heavy atom. The average Bonchev–Trinajstić information content (AvgIpc) is 3.95. The second kappa shape index (κ2) is 11.0. The lowest BCUT2D eigenvalue weighted by Crippen LogP contribution is -2.28. The molecule has 0 aliphatic heterocycles. The predicted molar refractivity (Wildman–Crippen MR) is 224 cm³/mol. The van der Waals surface area contributed by atoms with Crippen molar-refractivity contribution in [2.45, 2.75) is 5.41 Å². The molecule has 252 valence electrons. The molecule has 0 unspecified atom stereocenters. The Bertz CT molecular complexity index is 3160. The van der Waals surface area contributed by atoms with Crippen molar-refractivity contribution < 1.29 is 0 Å². The Morgan fingerprint density at radius 3 is 1.56 bits per heavy atom. The molecule has 3 heteroatoms. The van der Waals surface area contributed by atoms with E-state index in [0.717, 1.165) is 17.1 Å². The van der Waals surface area contributed by atoms with E-state index in [4.69, 9.17) is 0 Å². The first-order valence-corrected chi connectivity index (χ1v) is 18.7. The zero-order valence-corrected chi connectivity index (χ0v) is 29.4. The molecule has 0 amide bonds. The van der Waals surface area contributed by atoms with Crippen LogP contribution >= 0.6 is 0 Å². The zero-order chi connectivity index (χ0) is 35.4. The summed E-state index contributed by atoms with van der Waals surface area (Å²) in [4.78, 5) is 2.43. The van der Waals surface area contributed by atoms with Gasteiger partial charge < -0.3 is 4.90 Å². The predicted octanol–water partition coefficient (Wildman–Crippen LogP) is 12.9. The number of hydrogen-bond donors (Lipinski definition) is 0. The smallest absolute Gasteiger partial charge is 0.131 e. The number of fused-ring (bicyclic) bond motifs is 12. The summed E-state index contributed by atoms with van der Waals surface area (Å²) in [7, 11) is 0. The van der Waals surface area contributed by atoms with Gasteiger partial charge in [0.15, 0.2) is 0 Å². The summed E-state index contributed by atoms with van der Waals surface area (Å²) in [5.74, 6) is 0. The van der Waals surface area contributed by atoms with Gasteiger partial charge in [0.05, 0.1) is 27.5 Å². The van der Waals surface area contributed by atoms with Gasteiger partial charge in [0.25, 0.3) is 0 Å². The number of imidazole rings is 1. The van der Waals surface area contributed by atoms with Crippen molar-refractivity contribution in [2.24, 2.45) is 0 Å². The molecule has 0 radical (unpaired) electrons. The number of benzene rings is 8. The molecule has 3 nitrogen and oxygen atoms in total. The maximum atomic E-state index is 2.47. The molecule has 3 heterocycles. The third kappa shape index (κ3) is 3.75. The lowest BCUT2D eigenvalue weighted by Gasteiger charge is -2.35. The summed E-state index contributed by atoms with van der Waals surface area (Å²) >= 11 is 0. The monoisotopic (exact) mass is 687 g/mol. The second-order valence-electron chi connectivity index (χ2n) is 14.5. The molecule has 0 spiro atoms. The molecule has 0 atom stereocenters. The largest absolute Gasteiger partial charge is 0.310 e. The van der Waals surface area contributed by atoms with Crippen LogP contribution in [0.15, 0.2) is 200 Å². The molecule has 0 N–H and O–H groups in total. The van der Waals surface area contributed by atoms with E-state index in [2.05, 4.69) is 214 Å². The molecule has 0 saturated heterocycles. The Labute approximate surface area is 312 Å². The van der Waals surface area contributed by atoms with Crippen LogP contribution in [0.4, 0.5) is 17.1 Å². The van der Waals surface area contributed by atoms with Gasteiger partial charge in [-0.1, -0.05) is 146 Å². The fourth-order valence-corrected chi connectivity index (χ4v) is 9.80. The van der Waals surface area contributed by atoms with E-state index in [1.165, 1.54) is 77.3 Å². The van der Waals surface area contributed by atoms with E-state index in [-0.39, 0.29) is 0 Å². The molecular weight excluding hydrogens is 655 g/mol. The van der Waals surface area contributed by atoms with Crippen molar-refractivity contribution in [2.75, 3.05) is 4.90 Å². The van der Waals surface area contributed by atoms with Gasteiger partial charge in [0.1, 0.15) is 5.65 Å². The fraction of sp³-hybridized carbons (Fsp3) is 0.0196. The van der Waals surface area contributed by atoms with Gasteiger partial charge in [0, 0.05) is 33.2 Å². The van der Waals surface area contributed by atoms with Gasteiger partial charge in [-0.25, -0.2) is 0 Å². The fourth-order valence-electron chi connectivity index (χ4n) is 9.80. The quantitative estimate of drug-likeness (QED) is 0.175. The number of aromatic nitrogens is 2. The van der Waals surface area contributed by atoms with Crippen LogP contribution in [0.2, 0.25) is 0 Å². The third-order valence-corrected chi connectivity index (χ3v) is 11.9. The van der Waals surface area contributed by atoms with Gasteiger partial charge in [0.2, 0.25) is 0 Å². The molecule has 0 bridgehead atoms. The van der Waals surface area contributed by atoms with Gasteiger partial charge in [-0.05, 0) is 88.0 Å². The second-order valence-corrected chi connectivity index (χ2v) is 14.5. The van der Waals surface area contributed by atoms with Crippen LogP contribution in [0, 0.1) is 0 Å². The number of anilines is 3. The van der Waals surface area contributed by atoms with Crippen LogP contribution in [-0.2, 0) is 5.41 Å². The van der Waals surface area contributed by atoms with E-state index >= 15 is 0 Å². The van der Waals surface area contributed by atoms with Gasteiger partial charge in [-0.15, -0.1) is 0 Å². The van der Waals surface area contributed by atoms with E-state index in [9.17, 15) is 0 Å². The first-order chi connectivity index (χ1) is 26.8. The van der Waals surface area contributed by atoms with Crippen molar-refractivity contribution in [3.8, 4) is 11.1 Å². The molecule has 12 rings (SSSR count). The summed E-state index contributed by atoms with van der Waals surface area (Å²) in [6.07, 6.45) is 0. The van der Waals surface area contributed by atoms with Crippen LogP contribution in [0.1, 0.15) is 22.3 Å². The third-order valence-electron chi connectivity index (χ3n) is 11.9. The normalized spacial score (nSPS) is 13.3. The SMILES string of the molecule is c1ccc(N(c2ccc3c(c2)C(c2ccccc2)(c2ccccc2)c2ccccc2-3)c2ccc3c(c2)n2c4ccccc4c4c5ccccc5n3c42)cc1. The Balaban J connectivity index is 1.15. The minimum Gasteiger partial charge on any atom is -0.310 e. The lowest BCUT2D eigenvalue weighted by molar-refractivity contribution is 0.768. The minimum absolute atomic E-state index is 0.481. The van der Waals surface area contributed by atoms with E-state index in [1.807, 2.05) is 0 Å². The highest BCUT2D eigenvalue weighted by Gasteiger charge is 2.46. The van der Waals surface area contributed by atoms with Crippen molar-refractivity contribution in [3.63, 3.8) is 0 Å². The number of para-hydroxylation sites is 3. The molecule has 0 saturated carbocycles. The van der Waals surface area contributed by atoms with E-state index in [1.54, 1.807) is 0 Å². The zero-order valence-electron chi connectivity index (χ0n) is 29.4. The van der Waals surface area contributed by atoms with E-state index < -0.39 is 5.41 Å². The molecule has 11 aromatic rings. The first kappa shape index (κ1) is 29.5. The first-order valence-electron chi connectivity index (χ1n) is 18.7. The Morgan fingerprint density at radius 2 is 0.870 bits per heavy atom. The van der Waals surface area contributed by atoms with E-state index in [0.29, 0.717) is 0 Å². The summed E-state index contributed by atoms with van der Waals surface area (Å²) in [5.41, 5.74) is 16.7. The topological polar surface area (TPSA) is 12.1 Å². The molecule has 54 heavy (non-hydrogen) atoms. The number of hydrogen-bond acceptors (Lipinski definition) is 1. The molecule has 3 aromatic heterocycles. The maximum Gasteiger partial charge on any atom is 0.131 e. The highest BCUT2D eigenvalue weighted by molar-refractivity contribution is 6.24. The number of nitrogens with zero attached hydrogens (tertiary/aromatic N) is 3. The lowest BCUT2D eigenvalue weighted by atomic mass is 9.67. The van der Waals surface area contributed by atoms with Crippen molar-refractivity contribution in [1.82, 2.24) is 8.80 Å². The minimum atomic E-state index is -0.481.